The van der Waals surface area contributed by atoms with E-state index in [0.29, 0.717) is 6.61 Å². The second kappa shape index (κ2) is 7.30. The summed E-state index contributed by atoms with van der Waals surface area (Å²) in [5.74, 6) is 0. The van der Waals surface area contributed by atoms with E-state index in [1.165, 1.54) is 32.5 Å². The minimum Gasteiger partial charge on any atom is -0.396 e. The second-order valence-corrected chi connectivity index (χ2v) is 3.59. The topological polar surface area (TPSA) is 32.7 Å². The number of hydrogen-bond donors (Lipinski definition) is 1. The predicted molar refractivity (Wildman–Crippen MR) is 52.8 cm³/mol. The van der Waals surface area contributed by atoms with Crippen molar-refractivity contribution in [1.82, 2.24) is 4.90 Å². The Morgan fingerprint density at radius 3 is 2.46 bits per heavy atom. The van der Waals surface area contributed by atoms with Gasteiger partial charge in [-0.3, -0.25) is 0 Å². The zero-order chi connectivity index (χ0) is 9.36. The fourth-order valence-electron chi connectivity index (χ4n) is 1.67. The molecule has 0 radical (unpaired) electrons. The first kappa shape index (κ1) is 11.0. The van der Waals surface area contributed by atoms with Crippen molar-refractivity contribution in [3.8, 4) is 0 Å². The Bertz CT molecular complexity index is 113. The molecule has 3 heteroatoms. The first-order valence-corrected chi connectivity index (χ1v) is 5.34. The third kappa shape index (κ3) is 5.24. The third-order valence-corrected chi connectivity index (χ3v) is 2.41. The summed E-state index contributed by atoms with van der Waals surface area (Å²) < 4.78 is 5.35. The highest BCUT2D eigenvalue weighted by atomic mass is 16.5. The minimum atomic E-state index is 0.242. The summed E-state index contributed by atoms with van der Waals surface area (Å²) in [6.07, 6.45) is 4.63. The summed E-state index contributed by atoms with van der Waals surface area (Å²) in [6.45, 7) is 5.52. The van der Waals surface area contributed by atoms with Crippen LogP contribution >= 0.6 is 0 Å². The lowest BCUT2D eigenvalue weighted by atomic mass is 10.4. The Hall–Kier alpha value is -0.120. The van der Waals surface area contributed by atoms with Gasteiger partial charge in [-0.2, -0.15) is 0 Å². The molecular formula is C10H21NO2. The van der Waals surface area contributed by atoms with E-state index < -0.39 is 0 Å². The van der Waals surface area contributed by atoms with Crippen molar-refractivity contribution in [2.75, 3.05) is 39.5 Å². The van der Waals surface area contributed by atoms with Crippen LogP contribution < -0.4 is 0 Å². The van der Waals surface area contributed by atoms with Gasteiger partial charge in [0, 0.05) is 26.4 Å². The quantitative estimate of drug-likeness (QED) is 0.600. The molecule has 0 aliphatic carbocycles. The molecule has 0 bridgehead atoms. The van der Waals surface area contributed by atoms with Gasteiger partial charge in [-0.25, -0.2) is 0 Å². The van der Waals surface area contributed by atoms with Crippen LogP contribution in [0.25, 0.3) is 0 Å². The molecule has 0 aromatic heterocycles. The van der Waals surface area contributed by atoms with Crippen molar-refractivity contribution >= 4 is 0 Å². The number of aliphatic hydroxyl groups excluding tert-OH is 1. The first-order valence-electron chi connectivity index (χ1n) is 5.34. The Morgan fingerprint density at radius 2 is 1.77 bits per heavy atom. The molecule has 0 amide bonds. The van der Waals surface area contributed by atoms with Gasteiger partial charge in [-0.15, -0.1) is 0 Å². The number of rotatable bonds is 7. The van der Waals surface area contributed by atoms with Crippen molar-refractivity contribution in [3.63, 3.8) is 0 Å². The highest BCUT2D eigenvalue weighted by molar-refractivity contribution is 4.65. The predicted octanol–water partition coefficient (Wildman–Crippen LogP) is 0.871. The molecule has 13 heavy (non-hydrogen) atoms. The molecule has 0 spiro atoms. The van der Waals surface area contributed by atoms with Crippen LogP contribution in [0.15, 0.2) is 0 Å². The van der Waals surface area contributed by atoms with Crippen molar-refractivity contribution in [2.45, 2.75) is 25.7 Å². The Balaban J connectivity index is 1.78. The van der Waals surface area contributed by atoms with Crippen LogP contribution in [0.4, 0.5) is 0 Å². The summed E-state index contributed by atoms with van der Waals surface area (Å²) in [5, 5.41) is 8.51. The molecule has 1 heterocycles. The van der Waals surface area contributed by atoms with Crippen LogP contribution in [0.5, 0.6) is 0 Å². The second-order valence-electron chi connectivity index (χ2n) is 3.59. The summed E-state index contributed by atoms with van der Waals surface area (Å²) in [5.41, 5.74) is 0. The third-order valence-electron chi connectivity index (χ3n) is 2.41. The van der Waals surface area contributed by atoms with E-state index in [2.05, 4.69) is 4.90 Å². The van der Waals surface area contributed by atoms with Gasteiger partial charge < -0.3 is 14.7 Å². The van der Waals surface area contributed by atoms with E-state index in [1.807, 2.05) is 0 Å². The van der Waals surface area contributed by atoms with Gasteiger partial charge in [0.2, 0.25) is 0 Å². The molecule has 0 aromatic carbocycles. The molecule has 3 nitrogen and oxygen atoms in total. The van der Waals surface area contributed by atoms with Gasteiger partial charge in [0.1, 0.15) is 0 Å². The highest BCUT2D eigenvalue weighted by Crippen LogP contribution is 2.07. The van der Waals surface area contributed by atoms with Gasteiger partial charge >= 0.3 is 0 Å². The maximum absolute atomic E-state index is 8.51. The Morgan fingerprint density at radius 1 is 1.08 bits per heavy atom. The van der Waals surface area contributed by atoms with Gasteiger partial charge in [0.05, 0.1) is 0 Å². The van der Waals surface area contributed by atoms with Crippen LogP contribution in [-0.4, -0.2) is 49.5 Å². The van der Waals surface area contributed by atoms with E-state index in [4.69, 9.17) is 9.84 Å². The van der Waals surface area contributed by atoms with Crippen LogP contribution in [0.2, 0.25) is 0 Å². The van der Waals surface area contributed by atoms with Gasteiger partial charge in [0.25, 0.3) is 0 Å². The number of likely N-dealkylation sites (tertiary alicyclic amines) is 1. The van der Waals surface area contributed by atoms with Crippen LogP contribution in [-0.2, 0) is 4.74 Å². The van der Waals surface area contributed by atoms with E-state index in [0.717, 1.165) is 19.4 Å². The molecule has 1 rings (SSSR count). The number of hydrogen-bond acceptors (Lipinski definition) is 3. The van der Waals surface area contributed by atoms with Gasteiger partial charge in [-0.05, 0) is 38.8 Å². The standard InChI is InChI=1S/C10H21NO2/c12-8-4-10-13-9-3-7-11-5-1-2-6-11/h12H,1-10H2. The monoisotopic (exact) mass is 187 g/mol. The van der Waals surface area contributed by atoms with Crippen LogP contribution in [0, 0.1) is 0 Å². The van der Waals surface area contributed by atoms with Crippen molar-refractivity contribution in [1.29, 1.82) is 0 Å². The maximum atomic E-state index is 8.51. The average molecular weight is 187 g/mol. The summed E-state index contributed by atoms with van der Waals surface area (Å²) in [7, 11) is 0. The molecule has 0 unspecified atom stereocenters. The fraction of sp³-hybridized carbons (Fsp3) is 1.00. The van der Waals surface area contributed by atoms with Crippen molar-refractivity contribution in [2.24, 2.45) is 0 Å². The SMILES string of the molecule is OCCCOCCCN1CCCC1. The molecule has 1 saturated heterocycles. The summed E-state index contributed by atoms with van der Waals surface area (Å²) in [4.78, 5) is 2.50. The van der Waals surface area contributed by atoms with Crippen molar-refractivity contribution < 1.29 is 9.84 Å². The molecule has 1 aliphatic heterocycles. The number of aliphatic hydroxyl groups is 1. The molecule has 0 saturated carbocycles. The van der Waals surface area contributed by atoms with E-state index >= 15 is 0 Å². The van der Waals surface area contributed by atoms with Crippen molar-refractivity contribution in [3.05, 3.63) is 0 Å². The largest absolute Gasteiger partial charge is 0.396 e. The summed E-state index contributed by atoms with van der Waals surface area (Å²) in [6, 6.07) is 0. The van der Waals surface area contributed by atoms with Gasteiger partial charge in [-0.1, -0.05) is 0 Å². The normalized spacial score (nSPS) is 18.2. The lowest BCUT2D eigenvalue weighted by molar-refractivity contribution is 0.108. The smallest absolute Gasteiger partial charge is 0.0487 e. The molecule has 1 N–H and O–H groups in total. The average Bonchev–Trinajstić information content (AvgIpc) is 2.63. The molecule has 1 fully saturated rings. The van der Waals surface area contributed by atoms with Crippen LogP contribution in [0.1, 0.15) is 25.7 Å². The van der Waals surface area contributed by atoms with Crippen LogP contribution in [0.3, 0.4) is 0 Å². The minimum absolute atomic E-state index is 0.242. The molecule has 1 aliphatic rings. The summed E-state index contributed by atoms with van der Waals surface area (Å²) >= 11 is 0. The zero-order valence-corrected chi connectivity index (χ0v) is 8.37. The maximum Gasteiger partial charge on any atom is 0.0487 e. The molecule has 78 valence electrons. The molecule has 0 aromatic rings. The lowest BCUT2D eigenvalue weighted by Gasteiger charge is -2.13. The highest BCUT2D eigenvalue weighted by Gasteiger charge is 2.09. The zero-order valence-electron chi connectivity index (χ0n) is 8.37. The Kier molecular flexibility index (Phi) is 6.15. The fourth-order valence-corrected chi connectivity index (χ4v) is 1.67. The van der Waals surface area contributed by atoms with Gasteiger partial charge in [0.15, 0.2) is 0 Å². The molecule has 0 atom stereocenters. The van der Waals surface area contributed by atoms with E-state index in [9.17, 15) is 0 Å². The Labute approximate surface area is 80.7 Å². The van der Waals surface area contributed by atoms with E-state index in [-0.39, 0.29) is 6.61 Å². The first-order chi connectivity index (χ1) is 6.43. The lowest BCUT2D eigenvalue weighted by Crippen LogP contribution is -2.21. The number of ether oxygens (including phenoxy) is 1. The number of nitrogens with zero attached hydrogens (tertiary/aromatic N) is 1. The van der Waals surface area contributed by atoms with E-state index in [1.54, 1.807) is 0 Å². The molecular weight excluding hydrogens is 166 g/mol.